The van der Waals surface area contributed by atoms with Crippen LogP contribution in [-0.2, 0) is 4.74 Å². The fraction of sp³-hybridized carbons (Fsp3) is 0.562. The van der Waals surface area contributed by atoms with Crippen molar-refractivity contribution in [1.82, 2.24) is 0 Å². The lowest BCUT2D eigenvalue weighted by atomic mass is 9.88. The molecule has 1 fully saturated rings. The maximum absolute atomic E-state index is 10.8. The molecule has 4 nitrogen and oxygen atoms in total. The molecule has 1 N–H and O–H groups in total. The number of rotatable bonds is 6. The Morgan fingerprint density at radius 3 is 2.85 bits per heavy atom. The molecule has 0 radical (unpaired) electrons. The minimum absolute atomic E-state index is 0.240. The average Bonchev–Trinajstić information content (AvgIpc) is 2.45. The molecule has 1 aliphatic carbocycles. The van der Waals surface area contributed by atoms with Crippen LogP contribution in [-0.4, -0.2) is 30.4 Å². The number of hydrogen-bond acceptors (Lipinski definition) is 3. The third-order valence-corrected chi connectivity index (χ3v) is 3.80. The zero-order valence-corrected chi connectivity index (χ0v) is 11.9. The largest absolute Gasteiger partial charge is 0.491 e. The summed E-state index contributed by atoms with van der Waals surface area (Å²) in [5, 5.41) is 8.90. The van der Waals surface area contributed by atoms with E-state index in [4.69, 9.17) is 14.6 Å². The van der Waals surface area contributed by atoms with E-state index in [1.165, 1.54) is 25.3 Å². The molecule has 2 unspecified atom stereocenters. The monoisotopic (exact) mass is 278 g/mol. The molecule has 2 rings (SSSR count). The van der Waals surface area contributed by atoms with E-state index in [1.807, 2.05) is 0 Å². The van der Waals surface area contributed by atoms with Crippen LogP contribution < -0.4 is 4.74 Å². The lowest BCUT2D eigenvalue weighted by molar-refractivity contribution is -0.0165. The van der Waals surface area contributed by atoms with Gasteiger partial charge in [0.2, 0.25) is 0 Å². The Labute approximate surface area is 119 Å². The summed E-state index contributed by atoms with van der Waals surface area (Å²) in [7, 11) is 0. The molecular formula is C16H22O4. The van der Waals surface area contributed by atoms with E-state index in [0.717, 1.165) is 6.42 Å². The van der Waals surface area contributed by atoms with Crippen LogP contribution in [0.4, 0.5) is 0 Å². The van der Waals surface area contributed by atoms with E-state index in [1.54, 1.807) is 18.2 Å². The predicted molar refractivity (Wildman–Crippen MR) is 76.3 cm³/mol. The van der Waals surface area contributed by atoms with Crippen LogP contribution in [0.3, 0.4) is 0 Å². The standard InChI is InChI=1S/C16H22O4/c1-12-5-2-3-8-15(12)20-10-9-19-14-7-4-6-13(11-14)16(17)18/h4,6-7,11-12,15H,2-3,5,8-10H2,1H3,(H,17,18). The van der Waals surface area contributed by atoms with Crippen molar-refractivity contribution in [3.63, 3.8) is 0 Å². The van der Waals surface area contributed by atoms with Gasteiger partial charge in [-0.2, -0.15) is 0 Å². The highest BCUT2D eigenvalue weighted by molar-refractivity contribution is 5.87. The Morgan fingerprint density at radius 2 is 2.10 bits per heavy atom. The van der Waals surface area contributed by atoms with Crippen molar-refractivity contribution in [3.8, 4) is 5.75 Å². The Balaban J connectivity index is 1.73. The second-order valence-corrected chi connectivity index (χ2v) is 5.35. The van der Waals surface area contributed by atoms with Crippen LogP contribution in [0.15, 0.2) is 24.3 Å². The fourth-order valence-corrected chi connectivity index (χ4v) is 2.61. The topological polar surface area (TPSA) is 55.8 Å². The maximum atomic E-state index is 10.8. The van der Waals surface area contributed by atoms with Gasteiger partial charge in [-0.1, -0.05) is 25.8 Å². The molecule has 1 aliphatic rings. The van der Waals surface area contributed by atoms with Crippen molar-refractivity contribution < 1.29 is 19.4 Å². The van der Waals surface area contributed by atoms with Gasteiger partial charge in [0, 0.05) is 0 Å². The lowest BCUT2D eigenvalue weighted by Crippen LogP contribution is -2.27. The summed E-state index contributed by atoms with van der Waals surface area (Å²) >= 11 is 0. The quantitative estimate of drug-likeness (QED) is 0.811. The Morgan fingerprint density at radius 1 is 1.30 bits per heavy atom. The molecule has 0 spiro atoms. The first-order chi connectivity index (χ1) is 9.66. The summed E-state index contributed by atoms with van der Waals surface area (Å²) < 4.78 is 11.4. The van der Waals surface area contributed by atoms with Gasteiger partial charge >= 0.3 is 5.97 Å². The summed E-state index contributed by atoms with van der Waals surface area (Å²) in [5.41, 5.74) is 0.240. The maximum Gasteiger partial charge on any atom is 0.335 e. The van der Waals surface area contributed by atoms with Gasteiger partial charge in [0.1, 0.15) is 12.4 Å². The van der Waals surface area contributed by atoms with Gasteiger partial charge in [0.15, 0.2) is 0 Å². The second-order valence-electron chi connectivity index (χ2n) is 5.35. The van der Waals surface area contributed by atoms with Crippen molar-refractivity contribution in [2.24, 2.45) is 5.92 Å². The molecule has 0 aromatic heterocycles. The summed E-state index contributed by atoms with van der Waals surface area (Å²) in [6.45, 7) is 3.24. The van der Waals surface area contributed by atoms with Gasteiger partial charge in [-0.05, 0) is 37.0 Å². The van der Waals surface area contributed by atoms with E-state index in [2.05, 4.69) is 6.92 Å². The van der Waals surface area contributed by atoms with Crippen LogP contribution >= 0.6 is 0 Å². The minimum atomic E-state index is -0.942. The van der Waals surface area contributed by atoms with Gasteiger partial charge in [0.05, 0.1) is 18.3 Å². The summed E-state index contributed by atoms with van der Waals surface area (Å²) in [6, 6.07) is 6.53. The van der Waals surface area contributed by atoms with Gasteiger partial charge in [-0.25, -0.2) is 4.79 Å². The van der Waals surface area contributed by atoms with E-state index in [9.17, 15) is 4.79 Å². The predicted octanol–water partition coefficient (Wildman–Crippen LogP) is 3.36. The molecule has 0 heterocycles. The first-order valence-electron chi connectivity index (χ1n) is 7.24. The molecule has 0 bridgehead atoms. The first-order valence-corrected chi connectivity index (χ1v) is 7.24. The van der Waals surface area contributed by atoms with Crippen molar-refractivity contribution in [2.45, 2.75) is 38.7 Å². The van der Waals surface area contributed by atoms with E-state index in [0.29, 0.717) is 31.0 Å². The van der Waals surface area contributed by atoms with E-state index >= 15 is 0 Å². The Hall–Kier alpha value is -1.55. The summed E-state index contributed by atoms with van der Waals surface area (Å²) in [4.78, 5) is 10.8. The molecular weight excluding hydrogens is 256 g/mol. The molecule has 0 amide bonds. The van der Waals surface area contributed by atoms with Gasteiger partial charge in [-0.15, -0.1) is 0 Å². The molecule has 110 valence electrons. The third-order valence-electron chi connectivity index (χ3n) is 3.80. The van der Waals surface area contributed by atoms with Crippen molar-refractivity contribution >= 4 is 5.97 Å². The number of hydrogen-bond donors (Lipinski definition) is 1. The number of carboxylic acid groups (broad SMARTS) is 1. The number of benzene rings is 1. The number of carbonyl (C=O) groups is 1. The number of carboxylic acids is 1. The van der Waals surface area contributed by atoms with Crippen molar-refractivity contribution in [1.29, 1.82) is 0 Å². The molecule has 20 heavy (non-hydrogen) atoms. The minimum Gasteiger partial charge on any atom is -0.491 e. The molecule has 1 saturated carbocycles. The van der Waals surface area contributed by atoms with Crippen molar-refractivity contribution in [3.05, 3.63) is 29.8 Å². The summed E-state index contributed by atoms with van der Waals surface area (Å²) in [6.07, 6.45) is 5.27. The molecule has 1 aromatic carbocycles. The highest BCUT2D eigenvalue weighted by Gasteiger charge is 2.21. The second kappa shape index (κ2) is 7.29. The molecule has 0 saturated heterocycles. The molecule has 2 atom stereocenters. The molecule has 1 aromatic rings. The van der Waals surface area contributed by atoms with Crippen LogP contribution in [0, 0.1) is 5.92 Å². The van der Waals surface area contributed by atoms with Crippen LogP contribution in [0.1, 0.15) is 43.0 Å². The highest BCUT2D eigenvalue weighted by atomic mass is 16.5. The fourth-order valence-electron chi connectivity index (χ4n) is 2.61. The third kappa shape index (κ3) is 4.23. The highest BCUT2D eigenvalue weighted by Crippen LogP contribution is 2.26. The van der Waals surface area contributed by atoms with E-state index in [-0.39, 0.29) is 5.56 Å². The van der Waals surface area contributed by atoms with Gasteiger partial charge in [0.25, 0.3) is 0 Å². The lowest BCUT2D eigenvalue weighted by Gasteiger charge is -2.28. The van der Waals surface area contributed by atoms with Gasteiger partial charge < -0.3 is 14.6 Å². The molecule has 0 aliphatic heterocycles. The van der Waals surface area contributed by atoms with Crippen LogP contribution in [0.2, 0.25) is 0 Å². The normalized spacial score (nSPS) is 22.4. The molecule has 4 heteroatoms. The van der Waals surface area contributed by atoms with Crippen LogP contribution in [0.5, 0.6) is 5.75 Å². The average molecular weight is 278 g/mol. The number of ether oxygens (including phenoxy) is 2. The van der Waals surface area contributed by atoms with E-state index < -0.39 is 5.97 Å². The van der Waals surface area contributed by atoms with Crippen molar-refractivity contribution in [2.75, 3.05) is 13.2 Å². The zero-order chi connectivity index (χ0) is 14.4. The van der Waals surface area contributed by atoms with Gasteiger partial charge in [-0.3, -0.25) is 0 Å². The van der Waals surface area contributed by atoms with Crippen LogP contribution in [0.25, 0.3) is 0 Å². The summed E-state index contributed by atoms with van der Waals surface area (Å²) in [5.74, 6) is 0.256. The smallest absolute Gasteiger partial charge is 0.335 e. The zero-order valence-electron chi connectivity index (χ0n) is 11.9. The number of aromatic carboxylic acids is 1. The SMILES string of the molecule is CC1CCCCC1OCCOc1cccc(C(=O)O)c1. The Kier molecular flexibility index (Phi) is 5.41. The Bertz CT molecular complexity index is 444. The first kappa shape index (κ1) is 14.9.